The number of halogens is 1. The van der Waals surface area contributed by atoms with E-state index in [0.717, 1.165) is 4.47 Å². The molecule has 1 fully saturated rings. The van der Waals surface area contributed by atoms with Crippen LogP contribution in [0.15, 0.2) is 22.8 Å². The minimum Gasteiger partial charge on any atom is -0.311 e. The van der Waals surface area contributed by atoms with E-state index in [2.05, 4.69) is 26.2 Å². The lowest BCUT2D eigenvalue weighted by Crippen LogP contribution is -2.18. The molecule has 0 unspecified atom stereocenters. The van der Waals surface area contributed by atoms with Crippen molar-refractivity contribution in [1.29, 1.82) is 0 Å². The highest BCUT2D eigenvalue weighted by atomic mass is 79.9. The number of carbonyl (C=O) groups is 1. The van der Waals surface area contributed by atoms with E-state index in [1.54, 1.807) is 6.20 Å². The van der Waals surface area contributed by atoms with E-state index in [1.165, 1.54) is 32.1 Å². The van der Waals surface area contributed by atoms with Gasteiger partial charge in [0.1, 0.15) is 5.82 Å². The summed E-state index contributed by atoms with van der Waals surface area (Å²) >= 11 is 3.32. The third-order valence-electron chi connectivity index (χ3n) is 3.19. The molecule has 1 aromatic heterocycles. The van der Waals surface area contributed by atoms with Gasteiger partial charge in [-0.05, 0) is 46.8 Å². The van der Waals surface area contributed by atoms with Crippen molar-refractivity contribution in [3.8, 4) is 0 Å². The van der Waals surface area contributed by atoms with Gasteiger partial charge in [-0.3, -0.25) is 4.79 Å². The molecule has 92 valence electrons. The molecule has 17 heavy (non-hydrogen) atoms. The standard InChI is InChI=1S/C13H17BrN2O/c14-11-6-7-12(15-9-11)16-13(17)8-10-4-2-1-3-5-10/h6-7,9-10H,1-5,8H2,(H,15,16,17). The summed E-state index contributed by atoms with van der Waals surface area (Å²) in [5.41, 5.74) is 0. The first-order chi connectivity index (χ1) is 8.24. The van der Waals surface area contributed by atoms with Gasteiger partial charge in [-0.1, -0.05) is 19.3 Å². The van der Waals surface area contributed by atoms with E-state index in [0.29, 0.717) is 18.2 Å². The largest absolute Gasteiger partial charge is 0.311 e. The number of rotatable bonds is 3. The number of pyridine rings is 1. The molecular formula is C13H17BrN2O. The summed E-state index contributed by atoms with van der Waals surface area (Å²) in [6.07, 6.45) is 8.59. The highest BCUT2D eigenvalue weighted by molar-refractivity contribution is 9.10. The van der Waals surface area contributed by atoms with E-state index < -0.39 is 0 Å². The van der Waals surface area contributed by atoms with Crippen LogP contribution in [0.25, 0.3) is 0 Å². The summed E-state index contributed by atoms with van der Waals surface area (Å²) in [7, 11) is 0. The highest BCUT2D eigenvalue weighted by Gasteiger charge is 2.17. The second kappa shape index (κ2) is 6.15. The van der Waals surface area contributed by atoms with Crippen molar-refractivity contribution in [2.24, 2.45) is 5.92 Å². The van der Waals surface area contributed by atoms with Crippen LogP contribution in [0, 0.1) is 5.92 Å². The molecule has 2 rings (SSSR count). The first-order valence-electron chi connectivity index (χ1n) is 6.15. The Kier molecular flexibility index (Phi) is 4.54. The van der Waals surface area contributed by atoms with E-state index >= 15 is 0 Å². The van der Waals surface area contributed by atoms with Gasteiger partial charge in [0, 0.05) is 17.1 Å². The maximum atomic E-state index is 11.8. The Balaban J connectivity index is 1.82. The zero-order chi connectivity index (χ0) is 12.1. The van der Waals surface area contributed by atoms with Gasteiger partial charge in [0.25, 0.3) is 0 Å². The van der Waals surface area contributed by atoms with Crippen LogP contribution in [-0.2, 0) is 4.79 Å². The fourth-order valence-corrected chi connectivity index (χ4v) is 2.53. The molecule has 0 atom stereocenters. The third kappa shape index (κ3) is 4.11. The molecule has 1 N–H and O–H groups in total. The average molecular weight is 297 g/mol. The first kappa shape index (κ1) is 12.6. The molecule has 1 heterocycles. The van der Waals surface area contributed by atoms with Crippen LogP contribution < -0.4 is 5.32 Å². The van der Waals surface area contributed by atoms with Gasteiger partial charge >= 0.3 is 0 Å². The van der Waals surface area contributed by atoms with Crippen molar-refractivity contribution in [2.45, 2.75) is 38.5 Å². The molecule has 0 saturated heterocycles. The predicted octanol–water partition coefficient (Wildman–Crippen LogP) is 3.75. The smallest absolute Gasteiger partial charge is 0.225 e. The normalized spacial score (nSPS) is 16.8. The summed E-state index contributed by atoms with van der Waals surface area (Å²) in [5, 5.41) is 2.85. The van der Waals surface area contributed by atoms with Crippen molar-refractivity contribution in [3.05, 3.63) is 22.8 Å². The maximum Gasteiger partial charge on any atom is 0.225 e. The zero-order valence-corrected chi connectivity index (χ0v) is 11.4. The van der Waals surface area contributed by atoms with Gasteiger partial charge in [-0.2, -0.15) is 0 Å². The summed E-state index contributed by atoms with van der Waals surface area (Å²) < 4.78 is 0.919. The second-order valence-corrected chi connectivity index (χ2v) is 5.53. The van der Waals surface area contributed by atoms with Crippen LogP contribution >= 0.6 is 15.9 Å². The number of hydrogen-bond acceptors (Lipinski definition) is 2. The highest BCUT2D eigenvalue weighted by Crippen LogP contribution is 2.26. The number of carbonyl (C=O) groups excluding carboxylic acids is 1. The SMILES string of the molecule is O=C(CC1CCCCC1)Nc1ccc(Br)cn1. The van der Waals surface area contributed by atoms with E-state index in [1.807, 2.05) is 12.1 Å². The summed E-state index contributed by atoms with van der Waals surface area (Å²) in [6, 6.07) is 3.69. The number of nitrogens with zero attached hydrogens (tertiary/aromatic N) is 1. The predicted molar refractivity (Wildman–Crippen MR) is 71.8 cm³/mol. The molecular weight excluding hydrogens is 280 g/mol. The van der Waals surface area contributed by atoms with E-state index in [-0.39, 0.29) is 5.91 Å². The van der Waals surface area contributed by atoms with Crippen LogP contribution in [-0.4, -0.2) is 10.9 Å². The molecule has 0 aromatic carbocycles. The third-order valence-corrected chi connectivity index (χ3v) is 3.66. The molecule has 0 aliphatic heterocycles. The summed E-state index contributed by atoms with van der Waals surface area (Å²) in [5.74, 6) is 1.29. The number of amides is 1. The fourth-order valence-electron chi connectivity index (χ4n) is 2.30. The molecule has 1 aliphatic carbocycles. The van der Waals surface area contributed by atoms with E-state index in [4.69, 9.17) is 0 Å². The summed E-state index contributed by atoms with van der Waals surface area (Å²) in [4.78, 5) is 15.9. The van der Waals surface area contributed by atoms with Gasteiger partial charge < -0.3 is 5.32 Å². The number of aromatic nitrogens is 1. The van der Waals surface area contributed by atoms with Gasteiger partial charge in [0.2, 0.25) is 5.91 Å². The maximum absolute atomic E-state index is 11.8. The van der Waals surface area contributed by atoms with Crippen LogP contribution in [0.3, 0.4) is 0 Å². The minimum absolute atomic E-state index is 0.0896. The zero-order valence-electron chi connectivity index (χ0n) is 9.79. The number of anilines is 1. The van der Waals surface area contributed by atoms with Gasteiger partial charge in [0.15, 0.2) is 0 Å². The second-order valence-electron chi connectivity index (χ2n) is 4.62. The van der Waals surface area contributed by atoms with Crippen molar-refractivity contribution in [1.82, 2.24) is 4.98 Å². The van der Waals surface area contributed by atoms with Crippen LogP contribution in [0.1, 0.15) is 38.5 Å². The Hall–Kier alpha value is -0.900. The van der Waals surface area contributed by atoms with Gasteiger partial charge in [-0.15, -0.1) is 0 Å². The molecule has 4 heteroatoms. The Labute approximate surface area is 110 Å². The minimum atomic E-state index is 0.0896. The molecule has 1 saturated carbocycles. The van der Waals surface area contributed by atoms with Gasteiger partial charge in [-0.25, -0.2) is 4.98 Å². The molecule has 1 aromatic rings. The topological polar surface area (TPSA) is 42.0 Å². The van der Waals surface area contributed by atoms with E-state index in [9.17, 15) is 4.79 Å². The molecule has 0 radical (unpaired) electrons. The Morgan fingerprint density at radius 1 is 1.35 bits per heavy atom. The van der Waals surface area contributed by atoms with Crippen molar-refractivity contribution >= 4 is 27.7 Å². The van der Waals surface area contributed by atoms with Crippen LogP contribution in [0.2, 0.25) is 0 Å². The van der Waals surface area contributed by atoms with Crippen molar-refractivity contribution in [2.75, 3.05) is 5.32 Å². The van der Waals surface area contributed by atoms with Crippen LogP contribution in [0.4, 0.5) is 5.82 Å². The Bertz CT molecular complexity index is 372. The molecule has 1 amide bonds. The molecule has 0 bridgehead atoms. The average Bonchev–Trinajstić information content (AvgIpc) is 2.33. The Morgan fingerprint density at radius 2 is 2.12 bits per heavy atom. The van der Waals surface area contributed by atoms with Crippen molar-refractivity contribution < 1.29 is 4.79 Å². The Morgan fingerprint density at radius 3 is 2.76 bits per heavy atom. The molecule has 3 nitrogen and oxygen atoms in total. The van der Waals surface area contributed by atoms with Crippen LogP contribution in [0.5, 0.6) is 0 Å². The number of nitrogens with one attached hydrogen (secondary N) is 1. The molecule has 1 aliphatic rings. The lowest BCUT2D eigenvalue weighted by molar-refractivity contribution is -0.117. The monoisotopic (exact) mass is 296 g/mol. The van der Waals surface area contributed by atoms with Crippen molar-refractivity contribution in [3.63, 3.8) is 0 Å². The first-order valence-corrected chi connectivity index (χ1v) is 6.95. The van der Waals surface area contributed by atoms with Gasteiger partial charge in [0.05, 0.1) is 0 Å². The molecule has 0 spiro atoms. The lowest BCUT2D eigenvalue weighted by Gasteiger charge is -2.20. The lowest BCUT2D eigenvalue weighted by atomic mass is 9.87. The fraction of sp³-hybridized carbons (Fsp3) is 0.538. The quantitative estimate of drug-likeness (QED) is 0.923. The number of hydrogen-bond donors (Lipinski definition) is 1. The summed E-state index contributed by atoms with van der Waals surface area (Å²) in [6.45, 7) is 0.